The van der Waals surface area contributed by atoms with Gasteiger partial charge in [-0.05, 0) is 43.3 Å². The Balaban J connectivity index is 2.19. The molecule has 0 aliphatic rings. The number of methoxy groups -OCH3 is 1. The predicted molar refractivity (Wildman–Crippen MR) is 91.8 cm³/mol. The fourth-order valence-corrected chi connectivity index (χ4v) is 3.10. The number of carbonyl (C=O) groups is 2. The van der Waals surface area contributed by atoms with Crippen molar-refractivity contribution in [1.29, 1.82) is 0 Å². The highest BCUT2D eigenvalue weighted by Gasteiger charge is 2.24. The third kappa shape index (κ3) is 4.45. The van der Waals surface area contributed by atoms with Crippen LogP contribution in [-0.4, -0.2) is 39.6 Å². The molecule has 0 fully saturated rings. The maximum atomic E-state index is 12.4. The van der Waals surface area contributed by atoms with Gasteiger partial charge in [-0.25, -0.2) is 13.2 Å². The van der Waals surface area contributed by atoms with Crippen LogP contribution in [0.15, 0.2) is 53.4 Å². The molecule has 0 N–H and O–H groups in total. The van der Waals surface area contributed by atoms with Gasteiger partial charge < -0.3 is 9.47 Å². The van der Waals surface area contributed by atoms with Crippen LogP contribution in [0.25, 0.3) is 0 Å². The minimum atomic E-state index is -3.59. The standard InChI is InChI=1S/C18H18O6S/c1-12(17(19)13-8-10-14(23-2)11-9-13)24-18(20)15-6-4-5-7-16(15)25(3,21)22/h4-12H,1-3H3. The summed E-state index contributed by atoms with van der Waals surface area (Å²) in [6.45, 7) is 1.44. The summed E-state index contributed by atoms with van der Waals surface area (Å²) < 4.78 is 33.7. The van der Waals surface area contributed by atoms with Crippen LogP contribution < -0.4 is 4.74 Å². The molecular formula is C18H18O6S. The Labute approximate surface area is 146 Å². The first-order valence-corrected chi connectivity index (χ1v) is 9.31. The van der Waals surface area contributed by atoms with Gasteiger partial charge in [0.25, 0.3) is 0 Å². The molecule has 7 heteroatoms. The lowest BCUT2D eigenvalue weighted by Crippen LogP contribution is -2.25. The predicted octanol–water partition coefficient (Wildman–Crippen LogP) is 2.53. The molecule has 0 aliphatic heterocycles. The van der Waals surface area contributed by atoms with Crippen LogP contribution in [0.3, 0.4) is 0 Å². The summed E-state index contributed by atoms with van der Waals surface area (Å²) in [7, 11) is -2.08. The molecule has 0 heterocycles. The zero-order valence-corrected chi connectivity index (χ0v) is 14.9. The van der Waals surface area contributed by atoms with Gasteiger partial charge in [0.1, 0.15) is 5.75 Å². The van der Waals surface area contributed by atoms with E-state index in [1.54, 1.807) is 24.3 Å². The fraction of sp³-hybridized carbons (Fsp3) is 0.222. The Morgan fingerprint density at radius 2 is 1.60 bits per heavy atom. The highest BCUT2D eigenvalue weighted by atomic mass is 32.2. The highest BCUT2D eigenvalue weighted by molar-refractivity contribution is 7.90. The molecule has 132 valence electrons. The number of ether oxygens (including phenoxy) is 2. The summed E-state index contributed by atoms with van der Waals surface area (Å²) in [5.74, 6) is -0.661. The minimum absolute atomic E-state index is 0.0978. The number of rotatable bonds is 6. The first-order valence-electron chi connectivity index (χ1n) is 7.42. The topological polar surface area (TPSA) is 86.7 Å². The van der Waals surface area contributed by atoms with Crippen molar-refractivity contribution in [3.63, 3.8) is 0 Å². The van der Waals surface area contributed by atoms with E-state index in [1.807, 2.05) is 0 Å². The number of esters is 1. The zero-order valence-electron chi connectivity index (χ0n) is 14.1. The van der Waals surface area contributed by atoms with Gasteiger partial charge in [0.15, 0.2) is 15.9 Å². The molecule has 0 saturated heterocycles. The Morgan fingerprint density at radius 3 is 2.16 bits per heavy atom. The van der Waals surface area contributed by atoms with Crippen LogP contribution in [0.5, 0.6) is 5.75 Å². The van der Waals surface area contributed by atoms with Crippen molar-refractivity contribution in [3.05, 3.63) is 59.7 Å². The SMILES string of the molecule is COc1ccc(C(=O)C(C)OC(=O)c2ccccc2S(C)(=O)=O)cc1. The minimum Gasteiger partial charge on any atom is -0.497 e. The van der Waals surface area contributed by atoms with Gasteiger partial charge in [0.2, 0.25) is 5.78 Å². The average molecular weight is 362 g/mol. The van der Waals surface area contributed by atoms with Crippen LogP contribution >= 0.6 is 0 Å². The van der Waals surface area contributed by atoms with E-state index in [-0.39, 0.29) is 10.5 Å². The summed E-state index contributed by atoms with van der Waals surface area (Å²) in [5.41, 5.74) is 0.261. The third-order valence-corrected chi connectivity index (χ3v) is 4.69. The molecule has 1 atom stereocenters. The summed E-state index contributed by atoms with van der Waals surface area (Å²) in [5, 5.41) is 0. The van der Waals surface area contributed by atoms with Gasteiger partial charge >= 0.3 is 5.97 Å². The Morgan fingerprint density at radius 1 is 1.00 bits per heavy atom. The molecule has 0 saturated carbocycles. The number of hydrogen-bond acceptors (Lipinski definition) is 6. The normalized spacial score (nSPS) is 12.3. The van der Waals surface area contributed by atoms with Gasteiger partial charge in [-0.15, -0.1) is 0 Å². The van der Waals surface area contributed by atoms with E-state index in [0.29, 0.717) is 11.3 Å². The number of carbonyl (C=O) groups excluding carboxylic acids is 2. The van der Waals surface area contributed by atoms with E-state index >= 15 is 0 Å². The maximum Gasteiger partial charge on any atom is 0.340 e. The van der Waals surface area contributed by atoms with Crippen LogP contribution in [0, 0.1) is 0 Å². The molecule has 0 spiro atoms. The lowest BCUT2D eigenvalue weighted by molar-refractivity contribution is 0.0315. The molecular weight excluding hydrogens is 344 g/mol. The third-order valence-electron chi connectivity index (χ3n) is 3.53. The highest BCUT2D eigenvalue weighted by Crippen LogP contribution is 2.18. The quantitative estimate of drug-likeness (QED) is 0.580. The van der Waals surface area contributed by atoms with Crippen LogP contribution in [0.4, 0.5) is 0 Å². The second-order valence-corrected chi connectivity index (χ2v) is 7.39. The first kappa shape index (κ1) is 18.7. The van der Waals surface area contributed by atoms with Crippen molar-refractivity contribution >= 4 is 21.6 Å². The largest absolute Gasteiger partial charge is 0.497 e. The molecule has 2 aromatic carbocycles. The van der Waals surface area contributed by atoms with E-state index in [2.05, 4.69) is 0 Å². The van der Waals surface area contributed by atoms with E-state index in [1.165, 1.54) is 38.3 Å². The maximum absolute atomic E-state index is 12.4. The number of benzene rings is 2. The summed E-state index contributed by atoms with van der Waals surface area (Å²) in [6, 6.07) is 12.1. The zero-order chi connectivity index (χ0) is 18.6. The number of ketones is 1. The van der Waals surface area contributed by atoms with Gasteiger partial charge in [0, 0.05) is 11.8 Å². The molecule has 2 rings (SSSR count). The number of hydrogen-bond donors (Lipinski definition) is 0. The molecule has 0 aromatic heterocycles. The second-order valence-electron chi connectivity index (χ2n) is 5.41. The molecule has 0 amide bonds. The van der Waals surface area contributed by atoms with E-state index < -0.39 is 27.7 Å². The number of Topliss-reactive ketones (excluding diaryl/α,β-unsaturated/α-hetero) is 1. The molecule has 1 unspecified atom stereocenters. The Bertz CT molecular complexity index is 884. The smallest absolute Gasteiger partial charge is 0.340 e. The van der Waals surface area contributed by atoms with Crippen molar-refractivity contribution in [2.75, 3.05) is 13.4 Å². The monoisotopic (exact) mass is 362 g/mol. The lowest BCUT2D eigenvalue weighted by Gasteiger charge is -2.14. The van der Waals surface area contributed by atoms with E-state index in [4.69, 9.17) is 9.47 Å². The van der Waals surface area contributed by atoms with E-state index in [0.717, 1.165) is 6.26 Å². The van der Waals surface area contributed by atoms with Gasteiger partial charge in [-0.2, -0.15) is 0 Å². The summed E-state index contributed by atoms with van der Waals surface area (Å²) in [6.07, 6.45) is -0.0566. The summed E-state index contributed by atoms with van der Waals surface area (Å²) >= 11 is 0. The molecule has 0 radical (unpaired) electrons. The van der Waals surface area contributed by atoms with Crippen LogP contribution in [0.1, 0.15) is 27.6 Å². The van der Waals surface area contributed by atoms with Gasteiger partial charge in [0.05, 0.1) is 17.6 Å². The molecule has 6 nitrogen and oxygen atoms in total. The van der Waals surface area contributed by atoms with E-state index in [9.17, 15) is 18.0 Å². The first-order chi connectivity index (χ1) is 11.7. The Kier molecular flexibility index (Phi) is 5.58. The Hall–Kier alpha value is -2.67. The fourth-order valence-electron chi connectivity index (χ4n) is 2.23. The number of sulfone groups is 1. The molecule has 25 heavy (non-hydrogen) atoms. The molecule has 2 aromatic rings. The summed E-state index contributed by atoms with van der Waals surface area (Å²) in [4.78, 5) is 24.5. The second kappa shape index (κ2) is 7.48. The van der Waals surface area contributed by atoms with Crippen molar-refractivity contribution in [3.8, 4) is 5.75 Å². The van der Waals surface area contributed by atoms with Crippen LogP contribution in [0.2, 0.25) is 0 Å². The van der Waals surface area contributed by atoms with Crippen molar-refractivity contribution in [2.24, 2.45) is 0 Å². The average Bonchev–Trinajstić information content (AvgIpc) is 2.60. The van der Waals surface area contributed by atoms with Crippen LogP contribution in [-0.2, 0) is 14.6 Å². The lowest BCUT2D eigenvalue weighted by atomic mass is 10.1. The van der Waals surface area contributed by atoms with Gasteiger partial charge in [-0.3, -0.25) is 4.79 Å². The van der Waals surface area contributed by atoms with Crippen molar-refractivity contribution in [2.45, 2.75) is 17.9 Å². The molecule has 0 bridgehead atoms. The van der Waals surface area contributed by atoms with Gasteiger partial charge in [-0.1, -0.05) is 12.1 Å². The molecule has 0 aliphatic carbocycles. The van der Waals surface area contributed by atoms with Crippen molar-refractivity contribution in [1.82, 2.24) is 0 Å². The van der Waals surface area contributed by atoms with Crippen molar-refractivity contribution < 1.29 is 27.5 Å².